The van der Waals surface area contributed by atoms with E-state index in [0.717, 1.165) is 25.7 Å². The average Bonchev–Trinajstić information content (AvgIpc) is 2.98. The molecule has 0 atom stereocenters. The molecule has 1 spiro atoms. The van der Waals surface area contributed by atoms with Crippen LogP contribution < -0.4 is 0 Å². The molecule has 3 nitrogen and oxygen atoms in total. The minimum absolute atomic E-state index is 0.150. The van der Waals surface area contributed by atoms with Crippen LogP contribution in [0.25, 0.3) is 0 Å². The maximum absolute atomic E-state index is 12.1. The predicted octanol–water partition coefficient (Wildman–Crippen LogP) is 3.85. The molecule has 1 aromatic rings. The number of carbonyl (C=O) groups is 1. The number of rotatable bonds is 1. The Morgan fingerprint density at radius 1 is 1.09 bits per heavy atom. The van der Waals surface area contributed by atoms with Crippen molar-refractivity contribution in [3.8, 4) is 11.8 Å². The van der Waals surface area contributed by atoms with Crippen LogP contribution in [0.4, 0.5) is 0 Å². The fraction of sp³-hybridized carbons (Fsp3) is 0.500. The van der Waals surface area contributed by atoms with E-state index in [1.807, 2.05) is 0 Å². The molecule has 2 fully saturated rings. The molecule has 22 heavy (non-hydrogen) atoms. The summed E-state index contributed by atoms with van der Waals surface area (Å²) >= 11 is 5.83. The van der Waals surface area contributed by atoms with Crippen molar-refractivity contribution < 1.29 is 14.3 Å². The van der Waals surface area contributed by atoms with E-state index in [1.165, 1.54) is 0 Å². The minimum atomic E-state index is -0.388. The van der Waals surface area contributed by atoms with Crippen molar-refractivity contribution in [1.29, 1.82) is 0 Å². The van der Waals surface area contributed by atoms with E-state index in [9.17, 15) is 4.79 Å². The minimum Gasteiger partial charge on any atom is -0.348 e. The predicted molar refractivity (Wildman–Crippen MR) is 84.8 cm³/mol. The van der Waals surface area contributed by atoms with Gasteiger partial charge in [-0.2, -0.15) is 0 Å². The van der Waals surface area contributed by atoms with Crippen LogP contribution in [0.3, 0.4) is 0 Å². The second-order valence-electron chi connectivity index (χ2n) is 6.25. The summed E-state index contributed by atoms with van der Waals surface area (Å²) in [5.74, 6) is 5.42. The van der Waals surface area contributed by atoms with Gasteiger partial charge in [-0.1, -0.05) is 17.5 Å². The van der Waals surface area contributed by atoms with E-state index in [-0.39, 0.29) is 17.0 Å². The summed E-state index contributed by atoms with van der Waals surface area (Å²) in [4.78, 5) is 12.1. The van der Waals surface area contributed by atoms with Crippen LogP contribution in [0, 0.1) is 17.3 Å². The Kier molecular flexibility index (Phi) is 4.27. The van der Waals surface area contributed by atoms with Crippen LogP contribution in [0.2, 0.25) is 5.02 Å². The number of hydrogen-bond donors (Lipinski definition) is 0. The summed E-state index contributed by atoms with van der Waals surface area (Å²) in [7, 11) is 0. The van der Waals surface area contributed by atoms with Crippen molar-refractivity contribution >= 4 is 17.4 Å². The van der Waals surface area contributed by atoms with Gasteiger partial charge in [0.25, 0.3) is 0 Å². The molecule has 0 radical (unpaired) electrons. The third-order valence-electron chi connectivity index (χ3n) is 4.51. The topological polar surface area (TPSA) is 35.5 Å². The normalized spacial score (nSPS) is 22.1. The van der Waals surface area contributed by atoms with Crippen LogP contribution in [-0.4, -0.2) is 24.8 Å². The lowest BCUT2D eigenvalue weighted by Gasteiger charge is -2.38. The fourth-order valence-electron chi connectivity index (χ4n) is 2.97. The van der Waals surface area contributed by atoms with Crippen molar-refractivity contribution in [1.82, 2.24) is 0 Å². The average molecular weight is 319 g/mol. The van der Waals surface area contributed by atoms with Gasteiger partial charge in [-0.15, -0.1) is 0 Å². The molecule has 0 unspecified atom stereocenters. The molecule has 0 bridgehead atoms. The van der Waals surface area contributed by atoms with Gasteiger partial charge in [0.15, 0.2) is 5.79 Å². The van der Waals surface area contributed by atoms with Crippen molar-refractivity contribution in [3.63, 3.8) is 0 Å². The SMILES string of the molecule is CC1(C#CC(=O)c2ccc(Cl)cc2)CCC2(CC1)OCCO2. The molecule has 3 rings (SSSR count). The highest BCUT2D eigenvalue weighted by Gasteiger charge is 2.43. The summed E-state index contributed by atoms with van der Waals surface area (Å²) in [6.45, 7) is 3.46. The Hall–Kier alpha value is -1.34. The Morgan fingerprint density at radius 3 is 2.27 bits per heavy atom. The zero-order valence-electron chi connectivity index (χ0n) is 12.7. The van der Waals surface area contributed by atoms with Crippen molar-refractivity contribution in [2.75, 3.05) is 13.2 Å². The second kappa shape index (κ2) is 6.04. The molecule has 0 N–H and O–H groups in total. The molecule has 2 aliphatic rings. The summed E-state index contributed by atoms with van der Waals surface area (Å²) in [5.41, 5.74) is 0.429. The van der Waals surface area contributed by atoms with E-state index < -0.39 is 0 Å². The van der Waals surface area contributed by atoms with Crippen LogP contribution in [0.1, 0.15) is 43.0 Å². The third-order valence-corrected chi connectivity index (χ3v) is 4.77. The number of ketones is 1. The molecule has 0 amide bonds. The van der Waals surface area contributed by atoms with Gasteiger partial charge in [0, 0.05) is 28.8 Å². The van der Waals surface area contributed by atoms with Gasteiger partial charge in [0.05, 0.1) is 13.2 Å². The molecule has 1 saturated carbocycles. The zero-order chi connectivity index (χ0) is 15.6. The molecule has 1 aliphatic heterocycles. The van der Waals surface area contributed by atoms with Gasteiger partial charge in [-0.25, -0.2) is 0 Å². The molecule has 4 heteroatoms. The van der Waals surface area contributed by atoms with Gasteiger partial charge in [-0.05, 0) is 50.0 Å². The van der Waals surface area contributed by atoms with Crippen LogP contribution in [0.5, 0.6) is 0 Å². The van der Waals surface area contributed by atoms with E-state index in [4.69, 9.17) is 21.1 Å². The van der Waals surface area contributed by atoms with Gasteiger partial charge >= 0.3 is 0 Å². The van der Waals surface area contributed by atoms with Gasteiger partial charge in [0.2, 0.25) is 5.78 Å². The molecule has 1 aliphatic carbocycles. The van der Waals surface area contributed by atoms with Crippen LogP contribution in [0.15, 0.2) is 24.3 Å². The summed E-state index contributed by atoms with van der Waals surface area (Å²) < 4.78 is 11.5. The highest BCUT2D eigenvalue weighted by molar-refractivity contribution is 6.30. The smallest absolute Gasteiger partial charge is 0.235 e. The number of benzene rings is 1. The first-order valence-electron chi connectivity index (χ1n) is 7.61. The first kappa shape index (κ1) is 15.6. The second-order valence-corrected chi connectivity index (χ2v) is 6.69. The zero-order valence-corrected chi connectivity index (χ0v) is 13.4. The number of Topliss-reactive ketones (excluding diaryl/α,β-unsaturated/α-hetero) is 1. The van der Waals surface area contributed by atoms with Crippen LogP contribution in [-0.2, 0) is 9.47 Å². The Balaban J connectivity index is 1.66. The number of hydrogen-bond acceptors (Lipinski definition) is 3. The van der Waals surface area contributed by atoms with E-state index in [1.54, 1.807) is 24.3 Å². The quantitative estimate of drug-likeness (QED) is 0.448. The van der Waals surface area contributed by atoms with Crippen LogP contribution >= 0.6 is 11.6 Å². The number of halogens is 1. The largest absolute Gasteiger partial charge is 0.348 e. The maximum Gasteiger partial charge on any atom is 0.235 e. The lowest BCUT2D eigenvalue weighted by atomic mass is 9.74. The van der Waals surface area contributed by atoms with Crippen molar-refractivity contribution in [2.45, 2.75) is 38.4 Å². The molecule has 1 saturated heterocycles. The molecule has 0 aromatic heterocycles. The fourth-order valence-corrected chi connectivity index (χ4v) is 3.10. The molecular weight excluding hydrogens is 300 g/mol. The van der Waals surface area contributed by atoms with Gasteiger partial charge in [0.1, 0.15) is 0 Å². The molecule has 1 heterocycles. The number of carbonyl (C=O) groups excluding carboxylic acids is 1. The highest BCUT2D eigenvalue weighted by atomic mass is 35.5. The Labute approximate surface area is 135 Å². The van der Waals surface area contributed by atoms with Crippen molar-refractivity contribution in [3.05, 3.63) is 34.9 Å². The first-order valence-corrected chi connectivity index (χ1v) is 7.99. The standard InChI is InChI=1S/C18H19ClO3/c1-17(8-10-18(11-9-17)21-12-13-22-18)7-6-16(20)14-2-4-15(19)5-3-14/h2-5H,8-13H2,1H3. The summed E-state index contributed by atoms with van der Waals surface area (Å²) in [6.07, 6.45) is 3.45. The lowest BCUT2D eigenvalue weighted by Crippen LogP contribution is -2.38. The number of ether oxygens (including phenoxy) is 2. The summed E-state index contributed by atoms with van der Waals surface area (Å²) in [6, 6.07) is 6.82. The van der Waals surface area contributed by atoms with Gasteiger partial charge < -0.3 is 9.47 Å². The van der Waals surface area contributed by atoms with E-state index in [2.05, 4.69) is 18.8 Å². The Morgan fingerprint density at radius 2 is 1.68 bits per heavy atom. The summed E-state index contributed by atoms with van der Waals surface area (Å²) in [5, 5.41) is 0.616. The first-order chi connectivity index (χ1) is 10.5. The lowest BCUT2D eigenvalue weighted by molar-refractivity contribution is -0.186. The van der Waals surface area contributed by atoms with Gasteiger partial charge in [-0.3, -0.25) is 4.79 Å². The van der Waals surface area contributed by atoms with E-state index in [0.29, 0.717) is 23.8 Å². The molecular formula is C18H19ClO3. The third kappa shape index (κ3) is 3.35. The molecule has 1 aromatic carbocycles. The molecule has 116 valence electrons. The maximum atomic E-state index is 12.1. The Bertz CT molecular complexity index is 608. The van der Waals surface area contributed by atoms with Crippen molar-refractivity contribution in [2.24, 2.45) is 5.41 Å². The highest BCUT2D eigenvalue weighted by Crippen LogP contribution is 2.44. The van der Waals surface area contributed by atoms with E-state index >= 15 is 0 Å². The monoisotopic (exact) mass is 318 g/mol.